The number of aromatic nitrogens is 3. The minimum atomic E-state index is -0.243. The highest BCUT2D eigenvalue weighted by Gasteiger charge is 2.18. The number of thioether (sulfide) groups is 1. The van der Waals surface area contributed by atoms with Gasteiger partial charge in [0.05, 0.1) is 5.75 Å². The molecule has 0 radical (unpaired) electrons. The second kappa shape index (κ2) is 9.06. The molecule has 5 nitrogen and oxygen atoms in total. The monoisotopic (exact) mass is 395 g/mol. The van der Waals surface area contributed by atoms with Crippen LogP contribution >= 0.6 is 11.8 Å². The number of carbonyl (C=O) groups is 1. The molecule has 1 aromatic heterocycles. The van der Waals surface area contributed by atoms with Gasteiger partial charge in [-0.3, -0.25) is 4.79 Å². The van der Waals surface area contributed by atoms with Crippen molar-refractivity contribution in [2.24, 2.45) is 7.05 Å². The van der Waals surface area contributed by atoms with E-state index in [4.69, 9.17) is 4.74 Å². The van der Waals surface area contributed by atoms with Gasteiger partial charge in [-0.1, -0.05) is 60.6 Å². The summed E-state index contributed by atoms with van der Waals surface area (Å²) in [5, 5.41) is 9.19. The molecule has 3 aromatic rings. The van der Waals surface area contributed by atoms with E-state index in [1.54, 1.807) is 0 Å². The van der Waals surface area contributed by atoms with E-state index >= 15 is 0 Å². The topological polar surface area (TPSA) is 57.0 Å². The molecular weight excluding hydrogens is 370 g/mol. The maximum atomic E-state index is 12.4. The highest BCUT2D eigenvalue weighted by Crippen LogP contribution is 2.24. The van der Waals surface area contributed by atoms with Gasteiger partial charge in [0.15, 0.2) is 22.9 Å². The lowest BCUT2D eigenvalue weighted by atomic mass is 10.1. The Hall–Kier alpha value is -2.60. The minimum Gasteiger partial charge on any atom is -0.483 e. The van der Waals surface area contributed by atoms with Gasteiger partial charge < -0.3 is 9.30 Å². The molecule has 0 aliphatic rings. The van der Waals surface area contributed by atoms with Crippen molar-refractivity contribution in [3.8, 4) is 5.75 Å². The van der Waals surface area contributed by atoms with Crippen LogP contribution in [0.25, 0.3) is 0 Å². The van der Waals surface area contributed by atoms with Crippen molar-refractivity contribution in [1.29, 1.82) is 0 Å². The van der Waals surface area contributed by atoms with Crippen LogP contribution in [0.5, 0.6) is 5.75 Å². The fourth-order valence-electron chi connectivity index (χ4n) is 2.82. The number of aryl methyl sites for hydroxylation is 2. The second-order valence-corrected chi connectivity index (χ2v) is 7.68. The molecule has 0 bridgehead atoms. The van der Waals surface area contributed by atoms with E-state index in [9.17, 15) is 4.79 Å². The van der Waals surface area contributed by atoms with Crippen molar-refractivity contribution in [2.75, 3.05) is 5.75 Å². The Bertz CT molecular complexity index is 933. The summed E-state index contributed by atoms with van der Waals surface area (Å²) in [6, 6.07) is 15.7. The molecule has 0 spiro atoms. The molecule has 28 heavy (non-hydrogen) atoms. The van der Waals surface area contributed by atoms with Crippen LogP contribution < -0.4 is 4.74 Å². The lowest BCUT2D eigenvalue weighted by Gasteiger charge is -2.14. The predicted octanol–water partition coefficient (Wildman–Crippen LogP) is 4.80. The Morgan fingerprint density at radius 1 is 1.11 bits per heavy atom. The molecule has 2 aromatic carbocycles. The highest BCUT2D eigenvalue weighted by atomic mass is 32.2. The Labute approximate surface area is 170 Å². The molecule has 3 rings (SSSR count). The van der Waals surface area contributed by atoms with E-state index in [1.165, 1.54) is 17.3 Å². The third-order valence-corrected chi connectivity index (χ3v) is 5.60. The zero-order valence-electron chi connectivity index (χ0n) is 16.7. The summed E-state index contributed by atoms with van der Waals surface area (Å²) in [6.07, 6.45) is 0.758. The van der Waals surface area contributed by atoms with Crippen LogP contribution in [0.15, 0.2) is 53.7 Å². The molecule has 0 N–H and O–H groups in total. The summed E-state index contributed by atoms with van der Waals surface area (Å²) in [6.45, 7) is 6.08. The normalized spacial score (nSPS) is 12.0. The van der Waals surface area contributed by atoms with Crippen molar-refractivity contribution < 1.29 is 9.53 Å². The average molecular weight is 396 g/mol. The number of carbonyl (C=O) groups excluding carboxylic acids is 1. The molecule has 1 heterocycles. The molecule has 0 amide bonds. The number of rotatable bonds is 8. The summed E-state index contributed by atoms with van der Waals surface area (Å²) in [4.78, 5) is 12.4. The number of hydrogen-bond acceptors (Lipinski definition) is 5. The van der Waals surface area contributed by atoms with Gasteiger partial charge in [-0.05, 0) is 38.0 Å². The fourth-order valence-corrected chi connectivity index (χ4v) is 3.63. The van der Waals surface area contributed by atoms with Crippen molar-refractivity contribution >= 4 is 17.5 Å². The molecule has 146 valence electrons. The molecule has 0 aliphatic heterocycles. The Morgan fingerprint density at radius 3 is 2.43 bits per heavy atom. The zero-order valence-corrected chi connectivity index (χ0v) is 17.5. The molecule has 0 saturated carbocycles. The van der Waals surface area contributed by atoms with Gasteiger partial charge in [-0.15, -0.1) is 10.2 Å². The standard InChI is InChI=1S/C22H25N3O2S/c1-5-17-8-12-19(13-9-17)27-16(3)21-23-24-22(25(21)4)28-14-20(26)18-10-6-15(2)7-11-18/h6-13,16H,5,14H2,1-4H3/t16-/m0/s1. The molecule has 6 heteroatoms. The van der Waals surface area contributed by atoms with Crippen molar-refractivity contribution in [3.05, 3.63) is 71.0 Å². The van der Waals surface area contributed by atoms with Crippen LogP contribution in [0.2, 0.25) is 0 Å². The second-order valence-electron chi connectivity index (χ2n) is 6.74. The number of nitrogens with zero attached hydrogens (tertiary/aromatic N) is 3. The summed E-state index contributed by atoms with van der Waals surface area (Å²) >= 11 is 1.39. The SMILES string of the molecule is CCc1ccc(O[C@@H](C)c2nnc(SCC(=O)c3ccc(C)cc3)n2C)cc1. The Kier molecular flexibility index (Phi) is 6.52. The maximum absolute atomic E-state index is 12.4. The van der Waals surface area contributed by atoms with E-state index in [0.717, 1.165) is 23.6 Å². The Morgan fingerprint density at radius 2 is 1.79 bits per heavy atom. The summed E-state index contributed by atoms with van der Waals surface area (Å²) in [5.41, 5.74) is 3.13. The zero-order chi connectivity index (χ0) is 20.1. The first-order valence-corrected chi connectivity index (χ1v) is 10.3. The van der Waals surface area contributed by atoms with Gasteiger partial charge >= 0.3 is 0 Å². The Balaban J connectivity index is 1.62. The van der Waals surface area contributed by atoms with E-state index in [1.807, 2.05) is 61.9 Å². The first-order valence-electron chi connectivity index (χ1n) is 9.35. The molecular formula is C22H25N3O2S. The van der Waals surface area contributed by atoms with E-state index in [0.29, 0.717) is 16.5 Å². The lowest BCUT2D eigenvalue weighted by molar-refractivity contribution is 0.102. The van der Waals surface area contributed by atoms with Crippen molar-refractivity contribution in [3.63, 3.8) is 0 Å². The highest BCUT2D eigenvalue weighted by molar-refractivity contribution is 7.99. The van der Waals surface area contributed by atoms with Crippen LogP contribution in [-0.2, 0) is 13.5 Å². The number of ketones is 1. The first kappa shape index (κ1) is 20.1. The molecule has 0 unspecified atom stereocenters. The van der Waals surface area contributed by atoms with E-state index < -0.39 is 0 Å². The van der Waals surface area contributed by atoms with Crippen LogP contribution in [0.3, 0.4) is 0 Å². The third kappa shape index (κ3) is 4.81. The van der Waals surface area contributed by atoms with E-state index in [2.05, 4.69) is 29.3 Å². The van der Waals surface area contributed by atoms with Crippen LogP contribution in [0.1, 0.15) is 47.3 Å². The van der Waals surface area contributed by atoms with Gasteiger partial charge in [0.1, 0.15) is 5.75 Å². The van der Waals surface area contributed by atoms with Crippen LogP contribution in [-0.4, -0.2) is 26.3 Å². The number of Topliss-reactive ketones (excluding diaryl/α,β-unsaturated/α-hetero) is 1. The number of hydrogen-bond donors (Lipinski definition) is 0. The molecule has 0 saturated heterocycles. The molecule has 1 atom stereocenters. The van der Waals surface area contributed by atoms with Crippen LogP contribution in [0.4, 0.5) is 0 Å². The number of ether oxygens (including phenoxy) is 1. The van der Waals surface area contributed by atoms with Gasteiger partial charge in [0.2, 0.25) is 0 Å². The minimum absolute atomic E-state index is 0.0786. The van der Waals surface area contributed by atoms with E-state index in [-0.39, 0.29) is 11.9 Å². The fraction of sp³-hybridized carbons (Fsp3) is 0.318. The average Bonchev–Trinajstić information content (AvgIpc) is 3.08. The van der Waals surface area contributed by atoms with Crippen molar-refractivity contribution in [1.82, 2.24) is 14.8 Å². The van der Waals surface area contributed by atoms with Gasteiger partial charge in [0, 0.05) is 12.6 Å². The summed E-state index contributed by atoms with van der Waals surface area (Å²) < 4.78 is 7.89. The summed E-state index contributed by atoms with van der Waals surface area (Å²) in [5.74, 6) is 1.93. The quantitative estimate of drug-likeness (QED) is 0.405. The first-order chi connectivity index (χ1) is 13.5. The lowest BCUT2D eigenvalue weighted by Crippen LogP contribution is -2.10. The largest absolute Gasteiger partial charge is 0.483 e. The number of benzene rings is 2. The third-order valence-electron chi connectivity index (χ3n) is 4.58. The summed E-state index contributed by atoms with van der Waals surface area (Å²) in [7, 11) is 1.90. The molecule has 0 fully saturated rings. The van der Waals surface area contributed by atoms with Gasteiger partial charge in [-0.25, -0.2) is 0 Å². The van der Waals surface area contributed by atoms with Crippen molar-refractivity contribution in [2.45, 2.75) is 38.5 Å². The maximum Gasteiger partial charge on any atom is 0.191 e. The molecule has 0 aliphatic carbocycles. The van der Waals surface area contributed by atoms with Gasteiger partial charge in [-0.2, -0.15) is 0 Å². The van der Waals surface area contributed by atoms with Gasteiger partial charge in [0.25, 0.3) is 0 Å². The smallest absolute Gasteiger partial charge is 0.191 e. The van der Waals surface area contributed by atoms with Crippen LogP contribution in [0, 0.1) is 6.92 Å². The predicted molar refractivity (Wildman–Crippen MR) is 112 cm³/mol.